The van der Waals surface area contributed by atoms with Gasteiger partial charge >= 0.3 is 0 Å². The second-order valence-electron chi connectivity index (χ2n) is 6.79. The minimum atomic E-state index is -3.34. The molecule has 1 aliphatic carbocycles. The fraction of sp³-hybridized carbons (Fsp3) is 0.529. The van der Waals surface area contributed by atoms with Gasteiger partial charge in [-0.05, 0) is 52.2 Å². The normalized spacial score (nSPS) is 28.3. The zero-order valence-electron chi connectivity index (χ0n) is 13.2. The van der Waals surface area contributed by atoms with E-state index in [-0.39, 0.29) is 5.41 Å². The van der Waals surface area contributed by atoms with Gasteiger partial charge in [0.2, 0.25) is 10.0 Å². The van der Waals surface area contributed by atoms with Gasteiger partial charge in [-0.3, -0.25) is 0 Å². The minimum Gasteiger partial charge on any atom is -0.207 e. The SMILES string of the molecule is CC(C)=C(C)C12CC1CN(S(=O)(=O)c1ccc(C)cc1)C2. The van der Waals surface area contributed by atoms with Crippen molar-refractivity contribution in [2.24, 2.45) is 11.3 Å². The summed E-state index contributed by atoms with van der Waals surface area (Å²) in [6, 6.07) is 7.16. The predicted molar refractivity (Wildman–Crippen MR) is 84.5 cm³/mol. The molecule has 0 N–H and O–H groups in total. The zero-order chi connectivity index (χ0) is 15.4. The number of benzene rings is 1. The Morgan fingerprint density at radius 2 is 1.81 bits per heavy atom. The van der Waals surface area contributed by atoms with E-state index in [1.165, 1.54) is 11.1 Å². The molecule has 0 bridgehead atoms. The number of fused-ring (bicyclic) bond motifs is 1. The maximum atomic E-state index is 12.8. The maximum Gasteiger partial charge on any atom is 0.243 e. The summed E-state index contributed by atoms with van der Waals surface area (Å²) in [5, 5.41) is 0. The maximum absolute atomic E-state index is 12.8. The van der Waals surface area contributed by atoms with Gasteiger partial charge in [-0.25, -0.2) is 8.42 Å². The third-order valence-corrected chi connectivity index (χ3v) is 7.10. The standard InChI is InChI=1S/C17H23NO2S/c1-12(2)14(4)17-9-15(17)10-18(11-17)21(19,20)16-7-5-13(3)6-8-16/h5-8,15H,9-11H2,1-4H3. The van der Waals surface area contributed by atoms with Crippen molar-refractivity contribution < 1.29 is 8.42 Å². The molecular formula is C17H23NO2S. The van der Waals surface area contributed by atoms with E-state index in [1.54, 1.807) is 16.4 Å². The van der Waals surface area contributed by atoms with Crippen LogP contribution in [0, 0.1) is 18.3 Å². The van der Waals surface area contributed by atoms with Crippen LogP contribution < -0.4 is 0 Å². The number of hydrogen-bond donors (Lipinski definition) is 0. The molecule has 0 spiro atoms. The lowest BCUT2D eigenvalue weighted by atomic mass is 9.93. The molecule has 3 nitrogen and oxygen atoms in total. The highest BCUT2D eigenvalue weighted by molar-refractivity contribution is 7.89. The van der Waals surface area contributed by atoms with Crippen LogP contribution in [0.1, 0.15) is 32.8 Å². The molecule has 1 aliphatic heterocycles. The van der Waals surface area contributed by atoms with Crippen molar-refractivity contribution in [3.63, 3.8) is 0 Å². The molecule has 21 heavy (non-hydrogen) atoms. The lowest BCUT2D eigenvalue weighted by Crippen LogP contribution is -2.32. The first-order valence-electron chi connectivity index (χ1n) is 7.49. The van der Waals surface area contributed by atoms with Gasteiger partial charge in [0.25, 0.3) is 0 Å². The summed E-state index contributed by atoms with van der Waals surface area (Å²) in [5.41, 5.74) is 3.91. The van der Waals surface area contributed by atoms with Crippen molar-refractivity contribution >= 4 is 10.0 Å². The van der Waals surface area contributed by atoms with E-state index in [0.717, 1.165) is 12.0 Å². The Labute approximate surface area is 127 Å². The van der Waals surface area contributed by atoms with E-state index >= 15 is 0 Å². The zero-order valence-corrected chi connectivity index (χ0v) is 14.0. The van der Waals surface area contributed by atoms with Crippen LogP contribution >= 0.6 is 0 Å². The lowest BCUT2D eigenvalue weighted by molar-refractivity contribution is 0.421. The topological polar surface area (TPSA) is 37.4 Å². The van der Waals surface area contributed by atoms with Crippen LogP contribution in [0.2, 0.25) is 0 Å². The van der Waals surface area contributed by atoms with Gasteiger partial charge in [0.1, 0.15) is 0 Å². The molecule has 2 fully saturated rings. The van der Waals surface area contributed by atoms with Crippen molar-refractivity contribution in [2.45, 2.75) is 39.0 Å². The number of allylic oxidation sites excluding steroid dienone is 1. The second kappa shape index (κ2) is 4.68. The molecule has 2 atom stereocenters. The van der Waals surface area contributed by atoms with Gasteiger partial charge < -0.3 is 0 Å². The fourth-order valence-electron chi connectivity index (χ4n) is 3.56. The second-order valence-corrected chi connectivity index (χ2v) is 8.73. The number of aryl methyl sites for hydroxylation is 1. The van der Waals surface area contributed by atoms with E-state index < -0.39 is 10.0 Å². The first kappa shape index (κ1) is 14.8. The van der Waals surface area contributed by atoms with Gasteiger partial charge in [-0.2, -0.15) is 4.31 Å². The van der Waals surface area contributed by atoms with Gasteiger partial charge in [0.05, 0.1) is 4.90 Å². The molecule has 1 heterocycles. The van der Waals surface area contributed by atoms with Gasteiger partial charge in [-0.15, -0.1) is 0 Å². The first-order chi connectivity index (χ1) is 9.77. The Kier molecular flexibility index (Phi) is 3.30. The Balaban J connectivity index is 1.87. The Morgan fingerprint density at radius 1 is 1.19 bits per heavy atom. The molecule has 1 saturated heterocycles. The summed E-state index contributed by atoms with van der Waals surface area (Å²) < 4.78 is 27.2. The van der Waals surface area contributed by atoms with Crippen molar-refractivity contribution in [3.8, 4) is 0 Å². The molecule has 0 radical (unpaired) electrons. The quantitative estimate of drug-likeness (QED) is 0.803. The van der Waals surface area contributed by atoms with E-state index in [0.29, 0.717) is 23.9 Å². The van der Waals surface area contributed by atoms with E-state index in [2.05, 4.69) is 20.8 Å². The molecule has 1 aromatic carbocycles. The summed E-state index contributed by atoms with van der Waals surface area (Å²) >= 11 is 0. The van der Waals surface area contributed by atoms with Crippen molar-refractivity contribution in [2.75, 3.05) is 13.1 Å². The summed E-state index contributed by atoms with van der Waals surface area (Å²) in [7, 11) is -3.34. The fourth-order valence-corrected chi connectivity index (χ4v) is 5.11. The van der Waals surface area contributed by atoms with E-state index in [4.69, 9.17) is 0 Å². The van der Waals surface area contributed by atoms with Crippen LogP contribution in [0.15, 0.2) is 40.3 Å². The lowest BCUT2D eigenvalue weighted by Gasteiger charge is -2.22. The molecule has 1 aromatic rings. The van der Waals surface area contributed by atoms with E-state index in [9.17, 15) is 8.42 Å². The highest BCUT2D eigenvalue weighted by Gasteiger charge is 2.62. The molecule has 3 rings (SSSR count). The summed E-state index contributed by atoms with van der Waals surface area (Å²) in [4.78, 5) is 0.416. The van der Waals surface area contributed by atoms with Crippen LogP contribution in [0.25, 0.3) is 0 Å². The van der Waals surface area contributed by atoms with Crippen molar-refractivity contribution in [3.05, 3.63) is 41.0 Å². The van der Waals surface area contributed by atoms with Crippen LogP contribution in [0.3, 0.4) is 0 Å². The molecule has 2 unspecified atom stereocenters. The Morgan fingerprint density at radius 3 is 2.38 bits per heavy atom. The van der Waals surface area contributed by atoms with Crippen molar-refractivity contribution in [1.29, 1.82) is 0 Å². The number of hydrogen-bond acceptors (Lipinski definition) is 2. The van der Waals surface area contributed by atoms with Crippen LogP contribution in [0.4, 0.5) is 0 Å². The monoisotopic (exact) mass is 305 g/mol. The highest BCUT2D eigenvalue weighted by Crippen LogP contribution is 2.63. The third-order valence-electron chi connectivity index (χ3n) is 5.27. The van der Waals surface area contributed by atoms with Crippen LogP contribution in [0.5, 0.6) is 0 Å². The number of nitrogens with zero attached hydrogens (tertiary/aromatic N) is 1. The van der Waals surface area contributed by atoms with Crippen molar-refractivity contribution in [1.82, 2.24) is 4.31 Å². The molecule has 114 valence electrons. The smallest absolute Gasteiger partial charge is 0.207 e. The highest BCUT2D eigenvalue weighted by atomic mass is 32.2. The number of piperidine rings is 1. The summed E-state index contributed by atoms with van der Waals surface area (Å²) in [6.45, 7) is 9.69. The molecule has 0 aromatic heterocycles. The molecule has 0 amide bonds. The minimum absolute atomic E-state index is 0.122. The number of rotatable bonds is 3. The van der Waals surface area contributed by atoms with Gasteiger partial charge in [0.15, 0.2) is 0 Å². The third kappa shape index (κ3) is 2.25. The summed E-state index contributed by atoms with van der Waals surface area (Å²) in [6.07, 6.45) is 1.14. The summed E-state index contributed by atoms with van der Waals surface area (Å²) in [5.74, 6) is 0.507. The predicted octanol–water partition coefficient (Wildman–Crippen LogP) is 3.36. The average molecular weight is 305 g/mol. The largest absolute Gasteiger partial charge is 0.243 e. The molecular weight excluding hydrogens is 282 g/mol. The number of sulfonamides is 1. The van der Waals surface area contributed by atoms with E-state index in [1.807, 2.05) is 19.1 Å². The first-order valence-corrected chi connectivity index (χ1v) is 8.93. The van der Waals surface area contributed by atoms with Gasteiger partial charge in [-0.1, -0.05) is 28.8 Å². The Hall–Kier alpha value is -1.13. The Bertz CT molecular complexity index is 699. The average Bonchev–Trinajstić information content (AvgIpc) is 3.00. The molecule has 1 saturated carbocycles. The van der Waals surface area contributed by atoms with Crippen LogP contribution in [-0.2, 0) is 10.0 Å². The molecule has 2 aliphatic rings. The van der Waals surface area contributed by atoms with Crippen LogP contribution in [-0.4, -0.2) is 25.8 Å². The van der Waals surface area contributed by atoms with Gasteiger partial charge in [0, 0.05) is 18.5 Å². The molecule has 4 heteroatoms.